The Labute approximate surface area is 87.8 Å². The van der Waals surface area contributed by atoms with Crippen LogP contribution in [-0.2, 0) is 4.79 Å². The van der Waals surface area contributed by atoms with Gasteiger partial charge in [0.1, 0.15) is 6.61 Å². The second kappa shape index (κ2) is 6.68. The number of aliphatic hydroxyl groups excluding tert-OH is 1. The first-order valence-corrected chi connectivity index (χ1v) is 4.89. The number of nitrogens with two attached hydrogens (primary N) is 1. The van der Waals surface area contributed by atoms with Gasteiger partial charge in [-0.15, -0.1) is 0 Å². The maximum absolute atomic E-state index is 12.5. The van der Waals surface area contributed by atoms with Crippen molar-refractivity contribution in [1.29, 1.82) is 0 Å². The number of carbonyl (C=O) groups excluding carboxylic acids is 1. The zero-order valence-corrected chi connectivity index (χ0v) is 8.80. The fraction of sp³-hybridized carbons (Fsp3) is 0.889. The standard InChI is InChI=1S/C9H18F2N2O2/c1-7(3-2-4-12)8(15)13-5-9(10,11)6-14/h7,14H,2-6,12H2,1H3,(H,13,15). The van der Waals surface area contributed by atoms with Crippen molar-refractivity contribution >= 4 is 5.91 Å². The van der Waals surface area contributed by atoms with Crippen LogP contribution in [0.15, 0.2) is 0 Å². The third-order valence-electron chi connectivity index (χ3n) is 2.04. The van der Waals surface area contributed by atoms with E-state index in [4.69, 9.17) is 10.8 Å². The summed E-state index contributed by atoms with van der Waals surface area (Å²) < 4.78 is 25.1. The zero-order valence-electron chi connectivity index (χ0n) is 8.80. The normalized spacial score (nSPS) is 13.7. The molecule has 1 unspecified atom stereocenters. The van der Waals surface area contributed by atoms with E-state index in [1.54, 1.807) is 6.92 Å². The van der Waals surface area contributed by atoms with Crippen molar-refractivity contribution in [2.45, 2.75) is 25.7 Å². The summed E-state index contributed by atoms with van der Waals surface area (Å²) in [6.07, 6.45) is 1.26. The van der Waals surface area contributed by atoms with Gasteiger partial charge in [0.05, 0.1) is 6.54 Å². The highest BCUT2D eigenvalue weighted by Gasteiger charge is 2.28. The Bertz CT molecular complexity index is 201. The van der Waals surface area contributed by atoms with Gasteiger partial charge in [0, 0.05) is 5.92 Å². The van der Waals surface area contributed by atoms with Crippen LogP contribution in [0.5, 0.6) is 0 Å². The first-order chi connectivity index (χ1) is 6.93. The molecule has 0 aromatic carbocycles. The van der Waals surface area contributed by atoms with Crippen LogP contribution in [0.3, 0.4) is 0 Å². The molecule has 15 heavy (non-hydrogen) atoms. The lowest BCUT2D eigenvalue weighted by Gasteiger charge is -2.16. The Balaban J connectivity index is 3.82. The van der Waals surface area contributed by atoms with Gasteiger partial charge in [-0.2, -0.15) is 0 Å². The summed E-state index contributed by atoms with van der Waals surface area (Å²) in [7, 11) is 0. The summed E-state index contributed by atoms with van der Waals surface area (Å²) in [5.74, 6) is -4.01. The van der Waals surface area contributed by atoms with E-state index in [9.17, 15) is 13.6 Å². The molecule has 0 saturated heterocycles. The Morgan fingerprint density at radius 3 is 2.67 bits per heavy atom. The van der Waals surface area contributed by atoms with E-state index >= 15 is 0 Å². The van der Waals surface area contributed by atoms with Gasteiger partial charge in [0.2, 0.25) is 5.91 Å². The summed E-state index contributed by atoms with van der Waals surface area (Å²) in [5.41, 5.74) is 5.26. The smallest absolute Gasteiger partial charge is 0.287 e. The Hall–Kier alpha value is -0.750. The van der Waals surface area contributed by atoms with Crippen molar-refractivity contribution in [2.75, 3.05) is 19.7 Å². The van der Waals surface area contributed by atoms with Crippen molar-refractivity contribution in [3.8, 4) is 0 Å². The molecule has 0 saturated carbocycles. The Kier molecular flexibility index (Phi) is 6.35. The highest BCUT2D eigenvalue weighted by Crippen LogP contribution is 2.11. The number of halogens is 2. The molecule has 1 amide bonds. The van der Waals surface area contributed by atoms with Gasteiger partial charge in [-0.3, -0.25) is 4.79 Å². The number of rotatable bonds is 7. The second-order valence-corrected chi connectivity index (χ2v) is 3.56. The number of aliphatic hydroxyl groups is 1. The molecule has 0 fully saturated rings. The molecule has 0 radical (unpaired) electrons. The van der Waals surface area contributed by atoms with E-state index in [-0.39, 0.29) is 5.92 Å². The summed E-state index contributed by atoms with van der Waals surface area (Å²) in [5, 5.41) is 10.4. The molecule has 90 valence electrons. The Morgan fingerprint density at radius 1 is 1.60 bits per heavy atom. The zero-order chi connectivity index (χ0) is 11.9. The molecule has 0 rings (SSSR count). The summed E-state index contributed by atoms with van der Waals surface area (Å²) in [4.78, 5) is 11.2. The molecule has 4 nitrogen and oxygen atoms in total. The molecule has 0 aliphatic carbocycles. The van der Waals surface area contributed by atoms with E-state index in [0.717, 1.165) is 0 Å². The molecule has 0 aromatic heterocycles. The van der Waals surface area contributed by atoms with E-state index < -0.39 is 25.0 Å². The minimum absolute atomic E-state index is 0.331. The molecule has 0 aliphatic heterocycles. The molecule has 0 heterocycles. The van der Waals surface area contributed by atoms with E-state index in [1.165, 1.54) is 0 Å². The first kappa shape index (κ1) is 14.2. The van der Waals surface area contributed by atoms with Crippen molar-refractivity contribution < 1.29 is 18.7 Å². The highest BCUT2D eigenvalue weighted by molar-refractivity contribution is 5.78. The van der Waals surface area contributed by atoms with Gasteiger partial charge < -0.3 is 16.2 Å². The molecule has 4 N–H and O–H groups in total. The predicted molar refractivity (Wildman–Crippen MR) is 52.5 cm³/mol. The number of hydrogen-bond acceptors (Lipinski definition) is 3. The lowest BCUT2D eigenvalue weighted by Crippen LogP contribution is -2.41. The van der Waals surface area contributed by atoms with Crippen LogP contribution < -0.4 is 11.1 Å². The van der Waals surface area contributed by atoms with Gasteiger partial charge >= 0.3 is 0 Å². The van der Waals surface area contributed by atoms with Gasteiger partial charge in [-0.25, -0.2) is 8.78 Å². The number of alkyl halides is 2. The van der Waals surface area contributed by atoms with Crippen LogP contribution in [0, 0.1) is 5.92 Å². The van der Waals surface area contributed by atoms with Crippen LogP contribution in [0.25, 0.3) is 0 Å². The molecule has 1 atom stereocenters. The number of nitrogens with one attached hydrogen (secondary N) is 1. The number of hydrogen-bond donors (Lipinski definition) is 3. The third-order valence-corrected chi connectivity index (χ3v) is 2.04. The van der Waals surface area contributed by atoms with E-state index in [0.29, 0.717) is 19.4 Å². The van der Waals surface area contributed by atoms with Gasteiger partial charge in [-0.1, -0.05) is 6.92 Å². The molecular weight excluding hydrogens is 206 g/mol. The largest absolute Gasteiger partial charge is 0.390 e. The fourth-order valence-electron chi connectivity index (χ4n) is 1.00. The SMILES string of the molecule is CC(CCCN)C(=O)NCC(F)(F)CO. The third kappa shape index (κ3) is 6.35. The fourth-order valence-corrected chi connectivity index (χ4v) is 1.00. The molecular formula is C9H18F2N2O2. The highest BCUT2D eigenvalue weighted by atomic mass is 19.3. The number of carbonyl (C=O) groups is 1. The minimum atomic E-state index is -3.25. The molecule has 0 bridgehead atoms. The van der Waals surface area contributed by atoms with Crippen LogP contribution in [0.4, 0.5) is 8.78 Å². The predicted octanol–water partition coefficient (Wildman–Crippen LogP) is 0.105. The van der Waals surface area contributed by atoms with Crippen LogP contribution in [0.2, 0.25) is 0 Å². The van der Waals surface area contributed by atoms with Crippen LogP contribution in [-0.4, -0.2) is 36.6 Å². The van der Waals surface area contributed by atoms with Gasteiger partial charge in [0.25, 0.3) is 5.92 Å². The quantitative estimate of drug-likeness (QED) is 0.574. The van der Waals surface area contributed by atoms with Crippen molar-refractivity contribution in [3.05, 3.63) is 0 Å². The lowest BCUT2D eigenvalue weighted by molar-refractivity contribution is -0.127. The van der Waals surface area contributed by atoms with Crippen LogP contribution >= 0.6 is 0 Å². The summed E-state index contributed by atoms with van der Waals surface area (Å²) in [6, 6.07) is 0. The van der Waals surface area contributed by atoms with Crippen molar-refractivity contribution in [3.63, 3.8) is 0 Å². The topological polar surface area (TPSA) is 75.4 Å². The maximum atomic E-state index is 12.5. The second-order valence-electron chi connectivity index (χ2n) is 3.56. The molecule has 0 spiro atoms. The summed E-state index contributed by atoms with van der Waals surface area (Å²) in [6.45, 7) is 0.0479. The molecule has 6 heteroatoms. The van der Waals surface area contributed by atoms with Crippen molar-refractivity contribution in [2.24, 2.45) is 11.7 Å². The average Bonchev–Trinajstić information content (AvgIpc) is 2.22. The van der Waals surface area contributed by atoms with Crippen molar-refractivity contribution in [1.82, 2.24) is 5.32 Å². The Morgan fingerprint density at radius 2 is 2.20 bits per heavy atom. The van der Waals surface area contributed by atoms with E-state index in [1.807, 2.05) is 0 Å². The lowest BCUT2D eigenvalue weighted by atomic mass is 10.0. The number of amides is 1. The summed E-state index contributed by atoms with van der Waals surface area (Å²) >= 11 is 0. The van der Waals surface area contributed by atoms with Crippen LogP contribution in [0.1, 0.15) is 19.8 Å². The molecule has 0 aliphatic rings. The average molecular weight is 224 g/mol. The van der Waals surface area contributed by atoms with E-state index in [2.05, 4.69) is 5.32 Å². The van der Waals surface area contributed by atoms with Gasteiger partial charge in [-0.05, 0) is 19.4 Å². The molecule has 0 aromatic rings. The minimum Gasteiger partial charge on any atom is -0.390 e. The first-order valence-electron chi connectivity index (χ1n) is 4.89. The monoisotopic (exact) mass is 224 g/mol. The van der Waals surface area contributed by atoms with Gasteiger partial charge in [0.15, 0.2) is 0 Å². The maximum Gasteiger partial charge on any atom is 0.287 e.